The standard InChI is InChI=1S/C33H42F2N4O7S2/c1-17(2)13-39(48(42,43)23-5-6-26-29(12-23)47-32(37-26)36-18(3)4)14-28(40)27(9-19-7-21(34)11-22(35)8-19)38-33(41)46-30-20-10-24-25(30)16-45-31(24)44-15-20/h5-8,11-12,17-18,20,24-25,27-28,30-31,40H,9-10,13-16H2,1-4H3,(H,36,37)(H,38,41)/t20-,24-,25-,27+,28-,30+,31+/m1/s1. The lowest BCUT2D eigenvalue weighted by Crippen LogP contribution is -2.52. The minimum Gasteiger partial charge on any atom is -0.445 e. The van der Waals surface area contributed by atoms with E-state index in [1.807, 2.05) is 27.7 Å². The number of carbonyl (C=O) groups is 1. The number of aliphatic hydroxyl groups is 1. The van der Waals surface area contributed by atoms with E-state index in [1.165, 1.54) is 21.7 Å². The second kappa shape index (κ2) is 14.1. The van der Waals surface area contributed by atoms with Crippen molar-refractivity contribution in [2.75, 3.05) is 31.6 Å². The summed E-state index contributed by atoms with van der Waals surface area (Å²) in [6.45, 7) is 8.15. The Labute approximate surface area is 283 Å². The van der Waals surface area contributed by atoms with Gasteiger partial charge in [-0.1, -0.05) is 25.2 Å². The maximum atomic E-state index is 14.2. The van der Waals surface area contributed by atoms with Gasteiger partial charge in [0.2, 0.25) is 10.0 Å². The summed E-state index contributed by atoms with van der Waals surface area (Å²) in [4.78, 5) is 17.9. The van der Waals surface area contributed by atoms with Crippen LogP contribution in [-0.2, 0) is 30.7 Å². The highest BCUT2D eigenvalue weighted by Crippen LogP contribution is 2.49. The minimum absolute atomic E-state index is 0.00591. The average Bonchev–Trinajstić information content (AvgIpc) is 3.66. The van der Waals surface area contributed by atoms with Gasteiger partial charge in [0.15, 0.2) is 11.4 Å². The van der Waals surface area contributed by atoms with Gasteiger partial charge in [0.1, 0.15) is 17.7 Å². The summed E-state index contributed by atoms with van der Waals surface area (Å²) < 4.78 is 75.7. The van der Waals surface area contributed by atoms with Crippen molar-refractivity contribution in [3.63, 3.8) is 0 Å². The molecule has 2 bridgehead atoms. The number of amides is 1. The minimum atomic E-state index is -4.14. The van der Waals surface area contributed by atoms with Crippen LogP contribution in [0.2, 0.25) is 0 Å². The molecule has 6 rings (SSSR count). The van der Waals surface area contributed by atoms with E-state index in [-0.39, 0.29) is 59.4 Å². The van der Waals surface area contributed by atoms with Gasteiger partial charge >= 0.3 is 6.09 Å². The van der Waals surface area contributed by atoms with Crippen molar-refractivity contribution < 1.29 is 41.3 Å². The van der Waals surface area contributed by atoms with Crippen LogP contribution in [0, 0.1) is 35.3 Å². The lowest BCUT2D eigenvalue weighted by Gasteiger charge is -2.31. The number of halogens is 2. The smallest absolute Gasteiger partial charge is 0.407 e. The lowest BCUT2D eigenvalue weighted by molar-refractivity contribution is -0.169. The van der Waals surface area contributed by atoms with Crippen LogP contribution >= 0.6 is 11.3 Å². The van der Waals surface area contributed by atoms with E-state index in [0.29, 0.717) is 28.6 Å². The maximum Gasteiger partial charge on any atom is 0.407 e. The molecule has 3 heterocycles. The molecule has 1 aromatic heterocycles. The Balaban J connectivity index is 1.23. The molecule has 0 radical (unpaired) electrons. The largest absolute Gasteiger partial charge is 0.445 e. The van der Waals surface area contributed by atoms with Gasteiger partial charge in [-0.25, -0.2) is 27.0 Å². The third-order valence-electron chi connectivity index (χ3n) is 9.05. The van der Waals surface area contributed by atoms with Gasteiger partial charge in [-0.3, -0.25) is 0 Å². The van der Waals surface area contributed by atoms with E-state index in [9.17, 15) is 27.1 Å². The number of benzene rings is 2. The van der Waals surface area contributed by atoms with Crippen LogP contribution in [0.4, 0.5) is 18.7 Å². The molecule has 1 amide bonds. The molecule has 48 heavy (non-hydrogen) atoms. The van der Waals surface area contributed by atoms with Crippen LogP contribution in [0.3, 0.4) is 0 Å². The molecule has 3 fully saturated rings. The predicted octanol–water partition coefficient (Wildman–Crippen LogP) is 4.75. The van der Waals surface area contributed by atoms with Gasteiger partial charge in [0.25, 0.3) is 0 Å². The lowest BCUT2D eigenvalue weighted by atomic mass is 9.98. The molecule has 262 valence electrons. The van der Waals surface area contributed by atoms with E-state index < -0.39 is 52.5 Å². The summed E-state index contributed by atoms with van der Waals surface area (Å²) in [5.41, 5.74) is 0.828. The first-order chi connectivity index (χ1) is 22.8. The molecule has 1 saturated carbocycles. The summed E-state index contributed by atoms with van der Waals surface area (Å²) >= 11 is 1.34. The number of rotatable bonds is 13. The highest BCUT2D eigenvalue weighted by atomic mass is 32.2. The summed E-state index contributed by atoms with van der Waals surface area (Å²) in [6.07, 6.45) is -2.43. The normalized spacial score (nSPS) is 24.8. The quantitative estimate of drug-likeness (QED) is 0.230. The first kappa shape index (κ1) is 34.9. The molecule has 3 N–H and O–H groups in total. The molecule has 3 aliphatic rings. The summed E-state index contributed by atoms with van der Waals surface area (Å²) in [7, 11) is -4.14. The second-order valence-electron chi connectivity index (χ2n) is 13.7. The molecule has 7 atom stereocenters. The van der Waals surface area contributed by atoms with Gasteiger partial charge < -0.3 is 30.0 Å². The van der Waals surface area contributed by atoms with E-state index in [0.717, 1.165) is 24.6 Å². The topological polar surface area (TPSA) is 139 Å². The zero-order valence-electron chi connectivity index (χ0n) is 27.3. The molecule has 2 aliphatic heterocycles. The van der Waals surface area contributed by atoms with Crippen molar-refractivity contribution in [3.05, 3.63) is 53.6 Å². The highest BCUT2D eigenvalue weighted by molar-refractivity contribution is 7.89. The number of fused-ring (bicyclic) bond motifs is 2. The molecule has 2 saturated heterocycles. The zero-order valence-corrected chi connectivity index (χ0v) is 28.9. The number of sulfonamides is 1. The predicted molar refractivity (Wildman–Crippen MR) is 176 cm³/mol. The number of anilines is 1. The molecular formula is C33H42F2N4O7S2. The Morgan fingerprint density at radius 3 is 2.52 bits per heavy atom. The summed E-state index contributed by atoms with van der Waals surface area (Å²) in [5.74, 6) is -1.63. The first-order valence-electron chi connectivity index (χ1n) is 16.3. The number of nitrogens with zero attached hydrogens (tertiary/aromatic N) is 2. The van der Waals surface area contributed by atoms with E-state index in [2.05, 4.69) is 15.6 Å². The summed E-state index contributed by atoms with van der Waals surface area (Å²) in [6, 6.07) is 6.64. The number of nitrogens with one attached hydrogen (secondary N) is 2. The molecule has 0 spiro atoms. The average molecular weight is 709 g/mol. The van der Waals surface area contributed by atoms with Crippen molar-refractivity contribution in [1.82, 2.24) is 14.6 Å². The van der Waals surface area contributed by atoms with Crippen LogP contribution in [0.15, 0.2) is 41.3 Å². The Hall–Kier alpha value is -2.95. The van der Waals surface area contributed by atoms with Crippen LogP contribution in [-0.4, -0.2) is 85.8 Å². The monoisotopic (exact) mass is 708 g/mol. The van der Waals surface area contributed by atoms with Crippen molar-refractivity contribution in [2.45, 2.75) is 76.0 Å². The van der Waals surface area contributed by atoms with Crippen LogP contribution < -0.4 is 10.6 Å². The maximum absolute atomic E-state index is 14.2. The van der Waals surface area contributed by atoms with Gasteiger partial charge in [0.05, 0.1) is 40.5 Å². The molecule has 2 aromatic carbocycles. The first-order valence-corrected chi connectivity index (χ1v) is 18.5. The van der Waals surface area contributed by atoms with Crippen molar-refractivity contribution in [3.8, 4) is 0 Å². The number of thiazole rings is 1. The van der Waals surface area contributed by atoms with E-state index in [4.69, 9.17) is 14.2 Å². The third-order valence-corrected chi connectivity index (χ3v) is 11.8. The molecule has 1 aliphatic carbocycles. The van der Waals surface area contributed by atoms with Crippen LogP contribution in [0.5, 0.6) is 0 Å². The van der Waals surface area contributed by atoms with E-state index in [1.54, 1.807) is 12.1 Å². The highest BCUT2D eigenvalue weighted by Gasteiger charge is 2.56. The van der Waals surface area contributed by atoms with Crippen molar-refractivity contribution in [2.24, 2.45) is 23.7 Å². The van der Waals surface area contributed by atoms with Gasteiger partial charge in [0, 0.05) is 43.0 Å². The number of hydrogen-bond donors (Lipinski definition) is 3. The molecule has 0 unspecified atom stereocenters. The fourth-order valence-corrected chi connectivity index (χ4v) is 9.74. The van der Waals surface area contributed by atoms with Gasteiger partial charge in [-0.05, 0) is 68.5 Å². The van der Waals surface area contributed by atoms with Crippen LogP contribution in [0.25, 0.3) is 10.2 Å². The molecule has 11 nitrogen and oxygen atoms in total. The molecule has 3 aromatic rings. The second-order valence-corrected chi connectivity index (χ2v) is 16.7. The summed E-state index contributed by atoms with van der Waals surface area (Å²) in [5, 5.41) is 18.2. The van der Waals surface area contributed by atoms with Gasteiger partial charge in [-0.15, -0.1) is 0 Å². The Morgan fingerprint density at radius 2 is 1.81 bits per heavy atom. The molecular weight excluding hydrogens is 667 g/mol. The third kappa shape index (κ3) is 7.60. The van der Waals surface area contributed by atoms with Gasteiger partial charge in [-0.2, -0.15) is 4.31 Å². The number of carbonyl (C=O) groups excluding carboxylic acids is 1. The van der Waals surface area contributed by atoms with E-state index >= 15 is 0 Å². The number of alkyl carbamates (subject to hydrolysis) is 1. The number of hydrogen-bond acceptors (Lipinski definition) is 10. The fraction of sp³-hybridized carbons (Fsp3) is 0.576. The number of ether oxygens (including phenoxy) is 3. The number of aliphatic hydroxyl groups excluding tert-OH is 1. The Bertz CT molecular complexity index is 1720. The van der Waals surface area contributed by atoms with Crippen LogP contribution in [0.1, 0.15) is 39.7 Å². The fourth-order valence-electron chi connectivity index (χ4n) is 6.96. The Morgan fingerprint density at radius 1 is 1.08 bits per heavy atom. The van der Waals surface area contributed by atoms with Crippen molar-refractivity contribution >= 4 is 42.8 Å². The molecule has 15 heteroatoms. The zero-order chi connectivity index (χ0) is 34.3. The number of aromatic nitrogens is 1. The Kier molecular flexibility index (Phi) is 10.3. The SMILES string of the molecule is CC(C)CN(C[C@@H](O)[C@H](Cc1cc(F)cc(F)c1)NC(=O)O[C@H]1[C@H]2CO[C@H]3OC[C@@H]1[C@H]3C2)S(=O)(=O)c1ccc2nc(NC(C)C)sc2c1. The van der Waals surface area contributed by atoms with Crippen molar-refractivity contribution in [1.29, 1.82) is 0 Å².